The summed E-state index contributed by atoms with van der Waals surface area (Å²) in [5.41, 5.74) is 0.322. The molecule has 0 fully saturated rings. The second kappa shape index (κ2) is 5.46. The number of aromatic nitrogens is 2. The number of hydrogen-bond acceptors (Lipinski definition) is 4. The lowest BCUT2D eigenvalue weighted by Gasteiger charge is -2.21. The number of nitrogens with zero attached hydrogens (tertiary/aromatic N) is 3. The topological polar surface area (TPSA) is 46.1 Å². The third kappa shape index (κ3) is 2.53. The largest absolute Gasteiger partial charge is 0.352 e. The number of anilines is 1. The predicted octanol–water partition coefficient (Wildman–Crippen LogP) is 1.95. The minimum Gasteiger partial charge on any atom is -0.352 e. The lowest BCUT2D eigenvalue weighted by Crippen LogP contribution is -2.25. The van der Waals surface area contributed by atoms with E-state index in [1.807, 2.05) is 11.8 Å². The van der Waals surface area contributed by atoms with Gasteiger partial charge < -0.3 is 4.90 Å². The van der Waals surface area contributed by atoms with Crippen LogP contribution >= 0.6 is 11.6 Å². The number of aldehydes is 1. The summed E-state index contributed by atoms with van der Waals surface area (Å²) < 4.78 is 0. The van der Waals surface area contributed by atoms with Crippen molar-refractivity contribution in [2.75, 3.05) is 18.0 Å². The maximum atomic E-state index is 10.9. The van der Waals surface area contributed by atoms with E-state index in [-0.39, 0.29) is 5.15 Å². The minimum absolute atomic E-state index is 0.178. The number of carbonyl (C=O) groups is 1. The van der Waals surface area contributed by atoms with Crippen LogP contribution in [0.5, 0.6) is 0 Å². The van der Waals surface area contributed by atoms with Gasteiger partial charge in [-0.2, -0.15) is 0 Å². The van der Waals surface area contributed by atoms with Crippen molar-refractivity contribution in [1.29, 1.82) is 0 Å². The molecular weight excluding hydrogens is 214 g/mol. The standard InChI is InChI=1S/C10H12ClN3O/c1-3-5-14(4-2)10-8(6-15)9(11)12-7-13-10/h3,6-7H,1,4-5H2,2H3. The molecule has 0 atom stereocenters. The lowest BCUT2D eigenvalue weighted by molar-refractivity contribution is 0.112. The van der Waals surface area contributed by atoms with Crippen molar-refractivity contribution >= 4 is 23.7 Å². The fourth-order valence-electron chi connectivity index (χ4n) is 1.24. The zero-order chi connectivity index (χ0) is 11.3. The average Bonchev–Trinajstić information content (AvgIpc) is 2.25. The summed E-state index contributed by atoms with van der Waals surface area (Å²) in [7, 11) is 0. The molecular formula is C10H12ClN3O. The first-order valence-corrected chi connectivity index (χ1v) is 4.93. The molecule has 0 saturated carbocycles. The molecule has 5 heteroatoms. The first kappa shape index (κ1) is 11.7. The third-order valence-electron chi connectivity index (χ3n) is 1.96. The van der Waals surface area contributed by atoms with Crippen molar-refractivity contribution < 1.29 is 4.79 Å². The van der Waals surface area contributed by atoms with Gasteiger partial charge in [-0.25, -0.2) is 9.97 Å². The number of rotatable bonds is 5. The highest BCUT2D eigenvalue weighted by Crippen LogP contribution is 2.20. The number of hydrogen-bond donors (Lipinski definition) is 0. The Morgan fingerprint density at radius 2 is 2.33 bits per heavy atom. The molecule has 0 aliphatic rings. The second-order valence-electron chi connectivity index (χ2n) is 2.85. The Bertz CT molecular complexity index is 368. The fraction of sp³-hybridized carbons (Fsp3) is 0.300. The van der Waals surface area contributed by atoms with Crippen LogP contribution in [0.3, 0.4) is 0 Å². The van der Waals surface area contributed by atoms with Crippen LogP contribution in [0.15, 0.2) is 19.0 Å². The normalized spacial score (nSPS) is 9.73. The minimum atomic E-state index is 0.178. The van der Waals surface area contributed by atoms with E-state index in [9.17, 15) is 4.79 Å². The van der Waals surface area contributed by atoms with Gasteiger partial charge in [-0.1, -0.05) is 17.7 Å². The Kier molecular flexibility index (Phi) is 4.24. The number of carbonyl (C=O) groups excluding carboxylic acids is 1. The van der Waals surface area contributed by atoms with Crippen LogP contribution in [0.4, 0.5) is 5.82 Å². The molecule has 0 unspecified atom stereocenters. The highest BCUT2D eigenvalue weighted by Gasteiger charge is 2.13. The molecule has 0 bridgehead atoms. The molecule has 1 aromatic heterocycles. The van der Waals surface area contributed by atoms with Gasteiger partial charge in [0.25, 0.3) is 0 Å². The molecule has 0 aliphatic heterocycles. The van der Waals surface area contributed by atoms with Gasteiger partial charge >= 0.3 is 0 Å². The first-order chi connectivity index (χ1) is 7.24. The summed E-state index contributed by atoms with van der Waals surface area (Å²) >= 11 is 5.80. The van der Waals surface area contributed by atoms with Crippen molar-refractivity contribution in [1.82, 2.24) is 9.97 Å². The van der Waals surface area contributed by atoms with E-state index in [2.05, 4.69) is 16.5 Å². The molecule has 0 amide bonds. The van der Waals surface area contributed by atoms with Crippen molar-refractivity contribution in [2.45, 2.75) is 6.92 Å². The van der Waals surface area contributed by atoms with Crippen LogP contribution in [0, 0.1) is 0 Å². The van der Waals surface area contributed by atoms with E-state index >= 15 is 0 Å². The fourth-order valence-corrected chi connectivity index (χ4v) is 1.41. The van der Waals surface area contributed by atoms with E-state index in [1.54, 1.807) is 6.08 Å². The third-order valence-corrected chi connectivity index (χ3v) is 2.26. The summed E-state index contributed by atoms with van der Waals surface area (Å²) in [6, 6.07) is 0. The van der Waals surface area contributed by atoms with Gasteiger partial charge in [-0.3, -0.25) is 4.79 Å². The Balaban J connectivity index is 3.15. The molecule has 80 valence electrons. The molecule has 0 aromatic carbocycles. The summed E-state index contributed by atoms with van der Waals surface area (Å²) in [5.74, 6) is 0.549. The van der Waals surface area contributed by atoms with Crippen LogP contribution in [-0.4, -0.2) is 29.3 Å². The zero-order valence-corrected chi connectivity index (χ0v) is 9.24. The predicted molar refractivity (Wildman–Crippen MR) is 60.5 cm³/mol. The average molecular weight is 226 g/mol. The zero-order valence-electron chi connectivity index (χ0n) is 8.48. The molecule has 0 aliphatic carbocycles. The van der Waals surface area contributed by atoms with Gasteiger partial charge in [0.15, 0.2) is 6.29 Å². The summed E-state index contributed by atoms with van der Waals surface area (Å²) in [4.78, 5) is 20.6. The molecule has 1 aromatic rings. The van der Waals surface area contributed by atoms with Gasteiger partial charge in [0.1, 0.15) is 17.3 Å². The second-order valence-corrected chi connectivity index (χ2v) is 3.20. The quantitative estimate of drug-likeness (QED) is 0.437. The Morgan fingerprint density at radius 3 is 2.87 bits per heavy atom. The van der Waals surface area contributed by atoms with Crippen molar-refractivity contribution in [2.24, 2.45) is 0 Å². The molecule has 0 spiro atoms. The van der Waals surface area contributed by atoms with Gasteiger partial charge in [0, 0.05) is 13.1 Å². The van der Waals surface area contributed by atoms with E-state index in [4.69, 9.17) is 11.6 Å². The van der Waals surface area contributed by atoms with Crippen LogP contribution in [0.2, 0.25) is 5.15 Å². The summed E-state index contributed by atoms with van der Waals surface area (Å²) in [6.45, 7) is 6.95. The van der Waals surface area contributed by atoms with Crippen molar-refractivity contribution in [3.8, 4) is 0 Å². The van der Waals surface area contributed by atoms with Crippen LogP contribution in [0.25, 0.3) is 0 Å². The highest BCUT2D eigenvalue weighted by molar-refractivity contribution is 6.32. The molecule has 1 rings (SSSR count). The van der Waals surface area contributed by atoms with Gasteiger partial charge in [-0.15, -0.1) is 6.58 Å². The van der Waals surface area contributed by atoms with Crippen molar-refractivity contribution in [3.63, 3.8) is 0 Å². The Hall–Kier alpha value is -1.42. The number of halogens is 1. The van der Waals surface area contributed by atoms with Crippen LogP contribution in [-0.2, 0) is 0 Å². The van der Waals surface area contributed by atoms with Crippen LogP contribution < -0.4 is 4.90 Å². The monoisotopic (exact) mass is 225 g/mol. The molecule has 4 nitrogen and oxygen atoms in total. The van der Waals surface area contributed by atoms with E-state index in [1.165, 1.54) is 6.33 Å². The molecule has 0 saturated heterocycles. The lowest BCUT2D eigenvalue weighted by atomic mass is 10.3. The smallest absolute Gasteiger partial charge is 0.156 e. The molecule has 1 heterocycles. The van der Waals surface area contributed by atoms with E-state index in [0.717, 1.165) is 6.54 Å². The van der Waals surface area contributed by atoms with Gasteiger partial charge in [-0.05, 0) is 6.92 Å². The highest BCUT2D eigenvalue weighted by atomic mass is 35.5. The van der Waals surface area contributed by atoms with Gasteiger partial charge in [0.05, 0.1) is 5.56 Å². The molecule has 0 radical (unpaired) electrons. The maximum absolute atomic E-state index is 10.9. The molecule has 0 N–H and O–H groups in total. The van der Waals surface area contributed by atoms with Crippen LogP contribution in [0.1, 0.15) is 17.3 Å². The Morgan fingerprint density at radius 1 is 1.60 bits per heavy atom. The van der Waals surface area contributed by atoms with Crippen molar-refractivity contribution in [3.05, 3.63) is 29.7 Å². The summed E-state index contributed by atoms with van der Waals surface area (Å²) in [5, 5.41) is 0.178. The Labute approximate surface area is 93.6 Å². The number of likely N-dealkylation sites (N-methyl/N-ethyl adjacent to an activating group) is 1. The summed E-state index contributed by atoms with van der Waals surface area (Å²) in [6.07, 6.45) is 3.76. The SMILES string of the molecule is C=CCN(CC)c1ncnc(Cl)c1C=O. The van der Waals surface area contributed by atoms with E-state index in [0.29, 0.717) is 24.2 Å². The maximum Gasteiger partial charge on any atom is 0.156 e. The van der Waals surface area contributed by atoms with E-state index < -0.39 is 0 Å². The first-order valence-electron chi connectivity index (χ1n) is 4.56. The van der Waals surface area contributed by atoms with Gasteiger partial charge in [0.2, 0.25) is 0 Å². The molecule has 15 heavy (non-hydrogen) atoms.